The third-order valence-electron chi connectivity index (χ3n) is 4.30. The summed E-state index contributed by atoms with van der Waals surface area (Å²) in [5.74, 6) is 0.766. The molecular formula is C18H19Cl4N5S. The van der Waals surface area contributed by atoms with E-state index in [1.807, 2.05) is 6.26 Å². The number of anilines is 1. The Balaban J connectivity index is 2.31. The van der Waals surface area contributed by atoms with E-state index < -0.39 is 0 Å². The molecule has 0 aliphatic heterocycles. The van der Waals surface area contributed by atoms with Gasteiger partial charge in [-0.2, -0.15) is 15.1 Å². The molecule has 2 heterocycles. The van der Waals surface area contributed by atoms with E-state index in [0.29, 0.717) is 26.4 Å². The minimum absolute atomic E-state index is 0.146. The molecule has 0 N–H and O–H groups in total. The predicted octanol–water partition coefficient (Wildman–Crippen LogP) is 6.78. The van der Waals surface area contributed by atoms with Crippen molar-refractivity contribution < 1.29 is 0 Å². The molecule has 1 aromatic carbocycles. The molecule has 10 heteroatoms. The van der Waals surface area contributed by atoms with Crippen molar-refractivity contribution in [3.05, 3.63) is 32.5 Å². The molecule has 3 aromatic rings. The summed E-state index contributed by atoms with van der Waals surface area (Å²) in [6, 6.07) is 3.25. The van der Waals surface area contributed by atoms with Crippen LogP contribution in [0.3, 0.4) is 0 Å². The first kappa shape index (κ1) is 21.8. The number of nitrogens with zero attached hydrogens (tertiary/aromatic N) is 5. The molecule has 150 valence electrons. The minimum Gasteiger partial charge on any atom is -0.356 e. The summed E-state index contributed by atoms with van der Waals surface area (Å²) >= 11 is 26.7. The van der Waals surface area contributed by atoms with Crippen molar-refractivity contribution >= 4 is 75.0 Å². The molecule has 0 aliphatic rings. The predicted molar refractivity (Wildman–Crippen MR) is 121 cm³/mol. The van der Waals surface area contributed by atoms with E-state index >= 15 is 0 Å². The molecule has 0 aliphatic carbocycles. The molecule has 0 atom stereocenters. The Bertz CT molecular complexity index is 984. The third kappa shape index (κ3) is 4.17. The maximum Gasteiger partial charge on any atom is 0.226 e. The first-order chi connectivity index (χ1) is 13.4. The molecule has 0 radical (unpaired) electrons. The van der Waals surface area contributed by atoms with Crippen LogP contribution < -0.4 is 4.90 Å². The normalized spacial score (nSPS) is 11.4. The van der Waals surface area contributed by atoms with Crippen LogP contribution in [0.5, 0.6) is 0 Å². The Kier molecular flexibility index (Phi) is 7.21. The van der Waals surface area contributed by atoms with Gasteiger partial charge in [0.05, 0.1) is 15.4 Å². The Morgan fingerprint density at radius 3 is 2.32 bits per heavy atom. The number of fused-ring (bicyclic) bond motifs is 1. The zero-order valence-corrected chi connectivity index (χ0v) is 19.5. The second-order valence-corrected chi connectivity index (χ2v) is 8.47. The number of halogens is 4. The van der Waals surface area contributed by atoms with E-state index in [1.54, 1.807) is 16.8 Å². The summed E-state index contributed by atoms with van der Waals surface area (Å²) < 4.78 is 1.62. The van der Waals surface area contributed by atoms with Crippen LogP contribution in [0.2, 0.25) is 20.4 Å². The highest BCUT2D eigenvalue weighted by Crippen LogP contribution is 2.38. The van der Waals surface area contributed by atoms with Crippen molar-refractivity contribution in [1.82, 2.24) is 19.7 Å². The van der Waals surface area contributed by atoms with Gasteiger partial charge in [-0.15, -0.1) is 11.8 Å². The standard InChI is InChI=1S/C18H19Cl4N5S/c1-4-6-7-26(5-2)15-13-16(24-18(22)23-15)27(25-17(13)28-3)14-11(20)8-10(19)9-12(14)21/h8-9H,4-7H2,1-3H3. The SMILES string of the molecule is CCCCN(CC)c1nc(Cl)nc2c1c(SC)nn2-c1c(Cl)cc(Cl)cc1Cl. The van der Waals surface area contributed by atoms with Crippen molar-refractivity contribution in [2.24, 2.45) is 0 Å². The first-order valence-electron chi connectivity index (χ1n) is 8.81. The smallest absolute Gasteiger partial charge is 0.226 e. The van der Waals surface area contributed by atoms with Crippen LogP contribution >= 0.6 is 58.2 Å². The van der Waals surface area contributed by atoms with Gasteiger partial charge in [0.2, 0.25) is 5.28 Å². The summed E-state index contributed by atoms with van der Waals surface area (Å²) in [7, 11) is 0. The van der Waals surface area contributed by atoms with E-state index in [4.69, 9.17) is 51.5 Å². The summed E-state index contributed by atoms with van der Waals surface area (Å²) in [4.78, 5) is 11.2. The van der Waals surface area contributed by atoms with E-state index in [1.165, 1.54) is 11.8 Å². The van der Waals surface area contributed by atoms with Gasteiger partial charge in [-0.25, -0.2) is 4.68 Å². The summed E-state index contributed by atoms with van der Waals surface area (Å²) in [6.45, 7) is 5.92. The zero-order valence-electron chi connectivity index (χ0n) is 15.6. The molecule has 0 saturated heterocycles. The van der Waals surface area contributed by atoms with Crippen molar-refractivity contribution in [3.8, 4) is 5.69 Å². The lowest BCUT2D eigenvalue weighted by Crippen LogP contribution is -2.25. The minimum atomic E-state index is 0.146. The second kappa shape index (κ2) is 9.26. The summed E-state index contributed by atoms with van der Waals surface area (Å²) in [5, 5.41) is 7.67. The Labute approximate surface area is 188 Å². The monoisotopic (exact) mass is 477 g/mol. The highest BCUT2D eigenvalue weighted by atomic mass is 35.5. The number of rotatable bonds is 7. The quantitative estimate of drug-likeness (QED) is 0.276. The number of aromatic nitrogens is 4. The molecular weight excluding hydrogens is 460 g/mol. The van der Waals surface area contributed by atoms with Crippen molar-refractivity contribution in [1.29, 1.82) is 0 Å². The van der Waals surface area contributed by atoms with Crippen molar-refractivity contribution in [3.63, 3.8) is 0 Å². The number of hydrogen-bond donors (Lipinski definition) is 0. The van der Waals surface area contributed by atoms with Crippen LogP contribution in [0.25, 0.3) is 16.7 Å². The molecule has 0 bridgehead atoms. The van der Waals surface area contributed by atoms with Gasteiger partial charge in [0.1, 0.15) is 16.5 Å². The van der Waals surface area contributed by atoms with Crippen LogP contribution in [0.15, 0.2) is 17.2 Å². The fourth-order valence-corrected chi connectivity index (χ4v) is 4.66. The van der Waals surface area contributed by atoms with Gasteiger partial charge < -0.3 is 4.90 Å². The number of thioether (sulfide) groups is 1. The van der Waals surface area contributed by atoms with Crippen LogP contribution in [-0.2, 0) is 0 Å². The molecule has 0 saturated carbocycles. The Hall–Kier alpha value is -0.920. The molecule has 28 heavy (non-hydrogen) atoms. The zero-order chi connectivity index (χ0) is 20.4. The van der Waals surface area contributed by atoms with Crippen LogP contribution in [0, 0.1) is 0 Å². The van der Waals surface area contributed by atoms with Gasteiger partial charge in [0, 0.05) is 18.1 Å². The first-order valence-corrected chi connectivity index (χ1v) is 11.5. The lowest BCUT2D eigenvalue weighted by Gasteiger charge is -2.22. The van der Waals surface area contributed by atoms with Gasteiger partial charge in [-0.3, -0.25) is 0 Å². The topological polar surface area (TPSA) is 46.8 Å². The maximum absolute atomic E-state index is 6.44. The summed E-state index contributed by atoms with van der Waals surface area (Å²) in [6.07, 6.45) is 4.09. The van der Waals surface area contributed by atoms with E-state index in [0.717, 1.165) is 42.2 Å². The van der Waals surface area contributed by atoms with Gasteiger partial charge in [-0.05, 0) is 43.3 Å². The number of hydrogen-bond acceptors (Lipinski definition) is 5. The molecule has 2 aromatic heterocycles. The van der Waals surface area contributed by atoms with E-state index in [-0.39, 0.29) is 5.28 Å². The molecule has 0 fully saturated rings. The average Bonchev–Trinajstić information content (AvgIpc) is 2.99. The summed E-state index contributed by atoms with van der Waals surface area (Å²) in [5.41, 5.74) is 1.07. The highest BCUT2D eigenvalue weighted by molar-refractivity contribution is 7.98. The van der Waals surface area contributed by atoms with Crippen LogP contribution in [0.4, 0.5) is 5.82 Å². The molecule has 0 unspecified atom stereocenters. The van der Waals surface area contributed by atoms with Gasteiger partial charge in [-0.1, -0.05) is 48.1 Å². The lowest BCUT2D eigenvalue weighted by molar-refractivity contribution is 0.725. The number of unbranched alkanes of at least 4 members (excludes halogenated alkanes) is 1. The van der Waals surface area contributed by atoms with Gasteiger partial charge in [0.15, 0.2) is 5.65 Å². The molecule has 5 nitrogen and oxygen atoms in total. The van der Waals surface area contributed by atoms with Gasteiger partial charge in [0.25, 0.3) is 0 Å². The molecule has 3 rings (SSSR count). The molecule has 0 amide bonds. The second-order valence-electron chi connectivity index (χ2n) is 6.09. The number of benzene rings is 1. The average molecular weight is 479 g/mol. The van der Waals surface area contributed by atoms with Gasteiger partial charge >= 0.3 is 0 Å². The molecule has 0 spiro atoms. The third-order valence-corrected chi connectivity index (χ3v) is 5.93. The Morgan fingerprint density at radius 2 is 1.75 bits per heavy atom. The highest BCUT2D eigenvalue weighted by Gasteiger charge is 2.24. The Morgan fingerprint density at radius 1 is 1.07 bits per heavy atom. The van der Waals surface area contributed by atoms with Crippen molar-refractivity contribution in [2.75, 3.05) is 24.2 Å². The van der Waals surface area contributed by atoms with E-state index in [9.17, 15) is 0 Å². The maximum atomic E-state index is 6.44. The van der Waals surface area contributed by atoms with Crippen LogP contribution in [0.1, 0.15) is 26.7 Å². The lowest BCUT2D eigenvalue weighted by atomic mass is 10.3. The fraction of sp³-hybridized carbons (Fsp3) is 0.389. The largest absolute Gasteiger partial charge is 0.356 e. The fourth-order valence-electron chi connectivity index (χ4n) is 2.97. The van der Waals surface area contributed by atoms with E-state index in [2.05, 4.69) is 28.7 Å². The van der Waals surface area contributed by atoms with Crippen LogP contribution in [-0.4, -0.2) is 39.1 Å². The van der Waals surface area contributed by atoms with Crippen molar-refractivity contribution in [2.45, 2.75) is 31.7 Å².